The lowest BCUT2D eigenvalue weighted by Crippen LogP contribution is -2.49. The molecule has 2 saturated heterocycles. The van der Waals surface area contributed by atoms with Gasteiger partial charge in [0.15, 0.2) is 0 Å². The fourth-order valence-corrected chi connectivity index (χ4v) is 4.88. The number of piperidine rings is 2. The van der Waals surface area contributed by atoms with Crippen LogP contribution in [-0.4, -0.2) is 47.4 Å². The minimum absolute atomic E-state index is 0.0307. The molecule has 7 heteroatoms. The number of rotatable bonds is 3. The van der Waals surface area contributed by atoms with Crippen molar-refractivity contribution < 1.29 is 14.3 Å². The summed E-state index contributed by atoms with van der Waals surface area (Å²) in [4.78, 5) is 31.1. The van der Waals surface area contributed by atoms with Gasteiger partial charge in [-0.2, -0.15) is 0 Å². The summed E-state index contributed by atoms with van der Waals surface area (Å²) < 4.78 is 7.32. The van der Waals surface area contributed by atoms with Crippen molar-refractivity contribution in [3.05, 3.63) is 23.3 Å². The lowest BCUT2D eigenvalue weighted by Gasteiger charge is -2.34. The summed E-state index contributed by atoms with van der Waals surface area (Å²) in [6, 6.07) is 4.21. The van der Waals surface area contributed by atoms with E-state index in [1.54, 1.807) is 11.3 Å². The number of ether oxygens (including phenoxy) is 1. The summed E-state index contributed by atoms with van der Waals surface area (Å²) in [6.07, 6.45) is 3.14. The van der Waals surface area contributed by atoms with Crippen LogP contribution in [0.25, 0.3) is 10.2 Å². The zero-order chi connectivity index (χ0) is 19.0. The van der Waals surface area contributed by atoms with Crippen molar-refractivity contribution >= 4 is 33.4 Å². The molecule has 2 aliphatic rings. The summed E-state index contributed by atoms with van der Waals surface area (Å²) in [5.41, 5.74) is 3.40. The lowest BCUT2D eigenvalue weighted by molar-refractivity contribution is -0.144. The van der Waals surface area contributed by atoms with Crippen molar-refractivity contribution in [1.29, 1.82) is 0 Å². The van der Waals surface area contributed by atoms with E-state index in [0.717, 1.165) is 30.3 Å². The molecule has 0 bridgehead atoms. The molecule has 2 fully saturated rings. The second-order valence-electron chi connectivity index (χ2n) is 7.49. The molecule has 1 unspecified atom stereocenters. The molecule has 6 nitrogen and oxygen atoms in total. The van der Waals surface area contributed by atoms with Gasteiger partial charge >= 0.3 is 0 Å². The zero-order valence-corrected chi connectivity index (χ0v) is 16.6. The Balaban J connectivity index is 1.37. The Kier molecular flexibility index (Phi) is 5.04. The van der Waals surface area contributed by atoms with Gasteiger partial charge in [-0.3, -0.25) is 9.59 Å². The van der Waals surface area contributed by atoms with Crippen LogP contribution in [0.15, 0.2) is 12.1 Å². The maximum atomic E-state index is 12.6. The van der Waals surface area contributed by atoms with E-state index >= 15 is 0 Å². The summed E-state index contributed by atoms with van der Waals surface area (Å²) >= 11 is 1.60. The van der Waals surface area contributed by atoms with Crippen molar-refractivity contribution in [2.45, 2.75) is 45.6 Å². The first-order chi connectivity index (χ1) is 13.0. The van der Waals surface area contributed by atoms with E-state index in [-0.39, 0.29) is 17.9 Å². The molecule has 0 saturated carbocycles. The first-order valence-electron chi connectivity index (χ1n) is 9.63. The highest BCUT2D eigenvalue weighted by atomic mass is 32.1. The summed E-state index contributed by atoms with van der Waals surface area (Å²) in [5.74, 6) is -0.659. The second kappa shape index (κ2) is 7.46. The minimum atomic E-state index is -0.508. The Labute approximate surface area is 162 Å². The average molecular weight is 388 g/mol. The van der Waals surface area contributed by atoms with E-state index in [1.165, 1.54) is 10.3 Å². The van der Waals surface area contributed by atoms with Crippen LogP contribution in [0.4, 0.5) is 0 Å². The largest absolute Gasteiger partial charge is 0.467 e. The Hall–Kier alpha value is -2.15. The SMILES string of the molecule is Cc1ccc(C)c2sc(OC3CCN(C(=O)C4CCCNC4=O)CC3)nc12. The third kappa shape index (κ3) is 3.65. The van der Waals surface area contributed by atoms with Gasteiger partial charge in [0, 0.05) is 32.5 Å². The Bertz CT molecular complexity index is 832. The molecule has 2 amide bonds. The van der Waals surface area contributed by atoms with Crippen LogP contribution in [0.5, 0.6) is 5.19 Å². The van der Waals surface area contributed by atoms with Gasteiger partial charge in [0.1, 0.15) is 12.0 Å². The van der Waals surface area contributed by atoms with Gasteiger partial charge in [-0.15, -0.1) is 0 Å². The van der Waals surface area contributed by atoms with Gasteiger partial charge in [-0.1, -0.05) is 23.5 Å². The molecule has 2 aliphatic heterocycles. The number of amides is 2. The molecule has 1 N–H and O–H groups in total. The van der Waals surface area contributed by atoms with Crippen LogP contribution >= 0.6 is 11.3 Å². The van der Waals surface area contributed by atoms with Crippen LogP contribution in [0, 0.1) is 19.8 Å². The molecule has 4 rings (SSSR count). The van der Waals surface area contributed by atoms with Crippen molar-refractivity contribution in [3.63, 3.8) is 0 Å². The molecule has 144 valence electrons. The maximum Gasteiger partial charge on any atom is 0.274 e. The fraction of sp³-hybridized carbons (Fsp3) is 0.550. The summed E-state index contributed by atoms with van der Waals surface area (Å²) in [5, 5.41) is 3.50. The number of hydrogen-bond donors (Lipinski definition) is 1. The van der Waals surface area contributed by atoms with Crippen molar-refractivity contribution in [2.24, 2.45) is 5.92 Å². The van der Waals surface area contributed by atoms with Crippen LogP contribution in [0.3, 0.4) is 0 Å². The molecule has 1 atom stereocenters. The van der Waals surface area contributed by atoms with Crippen LogP contribution in [-0.2, 0) is 9.59 Å². The predicted molar refractivity (Wildman–Crippen MR) is 105 cm³/mol. The van der Waals surface area contributed by atoms with E-state index < -0.39 is 5.92 Å². The van der Waals surface area contributed by atoms with Gasteiger partial charge in [-0.05, 0) is 37.8 Å². The normalized spacial score (nSPS) is 21.3. The van der Waals surface area contributed by atoms with Crippen LogP contribution < -0.4 is 10.1 Å². The summed E-state index contributed by atoms with van der Waals surface area (Å²) in [6.45, 7) is 6.11. The van der Waals surface area contributed by atoms with Gasteiger partial charge in [0.25, 0.3) is 5.19 Å². The average Bonchev–Trinajstić information content (AvgIpc) is 3.10. The molecule has 0 radical (unpaired) electrons. The van der Waals surface area contributed by atoms with Crippen molar-refractivity contribution in [3.8, 4) is 5.19 Å². The number of benzene rings is 1. The molecule has 1 aromatic carbocycles. The molecule has 2 aromatic rings. The number of likely N-dealkylation sites (tertiary alicyclic amines) is 1. The molecule has 0 aliphatic carbocycles. The monoisotopic (exact) mass is 387 g/mol. The Morgan fingerprint density at radius 2 is 1.96 bits per heavy atom. The molecule has 3 heterocycles. The van der Waals surface area contributed by atoms with Gasteiger partial charge in [0.2, 0.25) is 11.8 Å². The third-order valence-corrected chi connectivity index (χ3v) is 6.61. The Morgan fingerprint density at radius 3 is 2.67 bits per heavy atom. The van der Waals surface area contributed by atoms with E-state index in [9.17, 15) is 9.59 Å². The van der Waals surface area contributed by atoms with E-state index in [4.69, 9.17) is 4.74 Å². The molecule has 1 aromatic heterocycles. The van der Waals surface area contributed by atoms with Crippen molar-refractivity contribution in [1.82, 2.24) is 15.2 Å². The Morgan fingerprint density at radius 1 is 1.22 bits per heavy atom. The minimum Gasteiger partial charge on any atom is -0.467 e. The zero-order valence-electron chi connectivity index (χ0n) is 15.8. The summed E-state index contributed by atoms with van der Waals surface area (Å²) in [7, 11) is 0. The number of aromatic nitrogens is 1. The number of fused-ring (bicyclic) bond motifs is 1. The first-order valence-corrected chi connectivity index (χ1v) is 10.4. The van der Waals surface area contributed by atoms with Crippen molar-refractivity contribution in [2.75, 3.05) is 19.6 Å². The number of nitrogens with one attached hydrogen (secondary N) is 1. The number of aryl methyl sites for hydroxylation is 2. The number of thiazole rings is 1. The quantitative estimate of drug-likeness (QED) is 0.822. The highest BCUT2D eigenvalue weighted by molar-refractivity contribution is 7.20. The highest BCUT2D eigenvalue weighted by Gasteiger charge is 2.34. The number of hydrogen-bond acceptors (Lipinski definition) is 5. The van der Waals surface area contributed by atoms with E-state index in [0.29, 0.717) is 31.2 Å². The highest BCUT2D eigenvalue weighted by Crippen LogP contribution is 2.33. The van der Waals surface area contributed by atoms with E-state index in [1.807, 2.05) is 4.90 Å². The van der Waals surface area contributed by atoms with Crippen LogP contribution in [0.2, 0.25) is 0 Å². The van der Waals surface area contributed by atoms with E-state index in [2.05, 4.69) is 36.3 Å². The molecule has 0 spiro atoms. The smallest absolute Gasteiger partial charge is 0.274 e. The van der Waals surface area contributed by atoms with Crippen LogP contribution in [0.1, 0.15) is 36.8 Å². The first kappa shape index (κ1) is 18.2. The standard InChI is InChI=1S/C20H25N3O3S/c1-12-5-6-13(2)17-16(12)22-20(27-17)26-14-7-10-23(11-8-14)19(25)15-4-3-9-21-18(15)24/h5-6,14-15H,3-4,7-11H2,1-2H3,(H,21,24). The second-order valence-corrected chi connectivity index (χ2v) is 8.45. The topological polar surface area (TPSA) is 71.5 Å². The van der Waals surface area contributed by atoms with Gasteiger partial charge in [0.05, 0.1) is 10.2 Å². The molecule has 27 heavy (non-hydrogen) atoms. The number of carbonyl (C=O) groups excluding carboxylic acids is 2. The van der Waals surface area contributed by atoms with Gasteiger partial charge in [-0.25, -0.2) is 4.98 Å². The molecular formula is C20H25N3O3S. The fourth-order valence-electron chi connectivity index (χ4n) is 3.85. The third-order valence-electron chi connectivity index (χ3n) is 5.53. The maximum absolute atomic E-state index is 12.6. The number of carbonyl (C=O) groups is 2. The lowest BCUT2D eigenvalue weighted by atomic mass is 9.95. The predicted octanol–water partition coefficient (Wildman–Crippen LogP) is 2.81. The molecular weight excluding hydrogens is 362 g/mol. The van der Waals surface area contributed by atoms with Gasteiger partial charge < -0.3 is 15.0 Å². The number of nitrogens with zero attached hydrogens (tertiary/aromatic N) is 2.